The molecule has 2 aromatic rings. The van der Waals surface area contributed by atoms with Crippen molar-refractivity contribution in [2.45, 2.75) is 179 Å². The maximum absolute atomic E-state index is 6.66. The molecule has 6 fully saturated rings. The Morgan fingerprint density at radius 2 is 1.02 bits per heavy atom. The molecule has 4 aliphatic carbocycles. The zero-order valence-corrected chi connectivity index (χ0v) is 35.6. The minimum absolute atomic E-state index is 0.685. The number of halogens is 2. The fourth-order valence-corrected chi connectivity index (χ4v) is 12.5. The van der Waals surface area contributed by atoms with Crippen molar-refractivity contribution in [1.29, 1.82) is 0 Å². The Labute approximate surface area is 341 Å². The lowest BCUT2D eigenvalue weighted by Gasteiger charge is -2.44. The van der Waals surface area contributed by atoms with Gasteiger partial charge in [0.25, 0.3) is 0 Å². The maximum atomic E-state index is 6.66. The fraction of sp³-hybridized carbons (Fsp3) is 0.720. The second-order valence-electron chi connectivity index (χ2n) is 19.1. The van der Waals surface area contributed by atoms with Crippen LogP contribution in [0.5, 0.6) is 0 Å². The van der Waals surface area contributed by atoms with Crippen LogP contribution in [0.2, 0.25) is 10.0 Å². The Morgan fingerprint density at radius 1 is 0.537 bits per heavy atom. The van der Waals surface area contributed by atoms with Crippen molar-refractivity contribution in [2.24, 2.45) is 10.8 Å². The Balaban J connectivity index is 0.000000167. The highest BCUT2D eigenvalue weighted by Gasteiger charge is 2.36. The summed E-state index contributed by atoms with van der Waals surface area (Å²) in [6, 6.07) is 13.7. The molecule has 0 unspecified atom stereocenters. The zero-order chi connectivity index (χ0) is 37.1. The lowest BCUT2D eigenvalue weighted by atomic mass is 9.68. The summed E-state index contributed by atoms with van der Waals surface area (Å²) in [7, 11) is 0. The van der Waals surface area contributed by atoms with Gasteiger partial charge in [0, 0.05) is 16.6 Å². The third kappa shape index (κ3) is 11.4. The van der Waals surface area contributed by atoms with Crippen molar-refractivity contribution in [3.63, 3.8) is 0 Å². The lowest BCUT2D eigenvalue weighted by Crippen LogP contribution is -2.41. The van der Waals surface area contributed by atoms with Gasteiger partial charge in [-0.3, -0.25) is 4.90 Å². The molecule has 0 radical (unpaired) electrons. The number of rotatable bonds is 9. The van der Waals surface area contributed by atoms with Crippen LogP contribution in [0.3, 0.4) is 0 Å². The predicted octanol–water partition coefficient (Wildman–Crippen LogP) is 14.8. The number of likely N-dealkylation sites (tertiary alicyclic amines) is 2. The monoisotopic (exact) mass is 773 g/mol. The summed E-state index contributed by atoms with van der Waals surface area (Å²) < 4.78 is 0. The van der Waals surface area contributed by atoms with Crippen LogP contribution in [0.15, 0.2) is 42.5 Å². The van der Waals surface area contributed by atoms with Crippen LogP contribution in [0, 0.1) is 10.8 Å². The predicted molar refractivity (Wildman–Crippen MR) is 234 cm³/mol. The van der Waals surface area contributed by atoms with Gasteiger partial charge in [-0.05, 0) is 180 Å². The molecule has 2 aliphatic heterocycles. The van der Waals surface area contributed by atoms with E-state index in [1.54, 1.807) is 0 Å². The van der Waals surface area contributed by atoms with Gasteiger partial charge in [0.05, 0.1) is 0 Å². The molecule has 298 valence electrons. The first-order valence-electron chi connectivity index (χ1n) is 23.2. The fourth-order valence-electron chi connectivity index (χ4n) is 11.8. The van der Waals surface area contributed by atoms with Crippen molar-refractivity contribution in [3.05, 3.63) is 74.8 Å². The summed E-state index contributed by atoms with van der Waals surface area (Å²) in [6.45, 7) is 7.58. The summed E-state index contributed by atoms with van der Waals surface area (Å²) >= 11 is 13.3. The third-order valence-electron chi connectivity index (χ3n) is 15.5. The van der Waals surface area contributed by atoms with E-state index in [4.69, 9.17) is 23.2 Å². The van der Waals surface area contributed by atoms with Gasteiger partial charge < -0.3 is 4.90 Å². The molecule has 4 saturated carbocycles. The van der Waals surface area contributed by atoms with Crippen LogP contribution < -0.4 is 0 Å². The quantitative estimate of drug-likeness (QED) is 0.250. The summed E-state index contributed by atoms with van der Waals surface area (Å²) in [6.07, 6.45) is 41.2. The number of hydrogen-bond acceptors (Lipinski definition) is 2. The average molecular weight is 774 g/mol. The second kappa shape index (κ2) is 20.4. The van der Waals surface area contributed by atoms with Gasteiger partial charge in [0.1, 0.15) is 0 Å². The van der Waals surface area contributed by atoms with Gasteiger partial charge in [-0.1, -0.05) is 137 Å². The second-order valence-corrected chi connectivity index (χ2v) is 19.9. The summed E-state index contributed by atoms with van der Waals surface area (Å²) in [5.41, 5.74) is 6.91. The summed E-state index contributed by atoms with van der Waals surface area (Å²) in [4.78, 5) is 5.35. The maximum Gasteiger partial charge on any atom is 0.0446 e. The van der Waals surface area contributed by atoms with Gasteiger partial charge >= 0.3 is 0 Å². The van der Waals surface area contributed by atoms with E-state index >= 15 is 0 Å². The third-order valence-corrected chi connectivity index (χ3v) is 16.1. The van der Waals surface area contributed by atoms with E-state index in [2.05, 4.69) is 58.4 Å². The van der Waals surface area contributed by atoms with Crippen LogP contribution in [0.25, 0.3) is 6.08 Å². The number of piperidine rings is 2. The largest absolute Gasteiger partial charge is 0.303 e. The minimum Gasteiger partial charge on any atom is -0.303 e. The number of hydrogen-bond donors (Lipinski definition) is 0. The lowest BCUT2D eigenvalue weighted by molar-refractivity contribution is 0.0674. The van der Waals surface area contributed by atoms with E-state index in [0.29, 0.717) is 17.3 Å². The van der Waals surface area contributed by atoms with Crippen LogP contribution in [-0.2, 0) is 6.42 Å². The molecule has 4 heteroatoms. The molecule has 2 heterocycles. The molecule has 2 aromatic carbocycles. The molecular formula is C50H74Cl2N2. The smallest absolute Gasteiger partial charge is 0.0446 e. The highest BCUT2D eigenvalue weighted by molar-refractivity contribution is 6.31. The van der Waals surface area contributed by atoms with Crippen LogP contribution in [-0.4, -0.2) is 49.1 Å². The van der Waals surface area contributed by atoms with E-state index in [-0.39, 0.29) is 0 Å². The van der Waals surface area contributed by atoms with E-state index in [1.165, 1.54) is 222 Å². The van der Waals surface area contributed by atoms with Gasteiger partial charge in [0.2, 0.25) is 0 Å². The topological polar surface area (TPSA) is 6.48 Å². The van der Waals surface area contributed by atoms with Gasteiger partial charge in [-0.15, -0.1) is 0 Å². The normalized spacial score (nSPS) is 24.5. The SMILES string of the molecule is Clc1cc(/C=C/CN2CCC3(CCCCC3)CC2)ccc1C1CCCCC1.Clc1cc(CCCN2CCC3(CCCCC3)CC2)ccc1C1CCCCC1. The van der Waals surface area contributed by atoms with Crippen molar-refractivity contribution >= 4 is 29.3 Å². The van der Waals surface area contributed by atoms with Crippen molar-refractivity contribution < 1.29 is 0 Å². The number of benzene rings is 2. The first-order chi connectivity index (χ1) is 26.5. The van der Waals surface area contributed by atoms with Crippen LogP contribution in [0.4, 0.5) is 0 Å². The molecule has 2 nitrogen and oxygen atoms in total. The highest BCUT2D eigenvalue weighted by atomic mass is 35.5. The average Bonchev–Trinajstić information content (AvgIpc) is 3.21. The van der Waals surface area contributed by atoms with Crippen LogP contribution >= 0.6 is 23.2 Å². The molecule has 2 saturated heterocycles. The Hall–Kier alpha value is -1.32. The number of aryl methyl sites for hydroxylation is 1. The molecule has 54 heavy (non-hydrogen) atoms. The molecule has 8 rings (SSSR count). The van der Waals surface area contributed by atoms with Gasteiger partial charge in [-0.2, -0.15) is 0 Å². The summed E-state index contributed by atoms with van der Waals surface area (Å²) in [5.74, 6) is 1.39. The molecule has 2 spiro atoms. The standard InChI is InChI=1S/C25H38ClN.C25H36ClN/c2*26-24-20-21(11-12-23(24)22-9-3-1-4-10-22)8-7-17-27-18-15-25(16-19-27)13-5-2-6-14-25/h11-12,20,22H,1-10,13-19H2;7-8,11-12,20,22H,1-6,9-10,13-19H2/b;8-7+. The minimum atomic E-state index is 0.685. The highest BCUT2D eigenvalue weighted by Crippen LogP contribution is 2.46. The van der Waals surface area contributed by atoms with E-state index < -0.39 is 0 Å². The Bertz CT molecular complexity index is 1440. The molecule has 0 aromatic heterocycles. The van der Waals surface area contributed by atoms with E-state index in [1.807, 2.05) is 0 Å². The Morgan fingerprint density at radius 3 is 1.54 bits per heavy atom. The van der Waals surface area contributed by atoms with Crippen molar-refractivity contribution in [3.8, 4) is 0 Å². The van der Waals surface area contributed by atoms with E-state index in [9.17, 15) is 0 Å². The zero-order valence-electron chi connectivity index (χ0n) is 34.1. The molecule has 0 N–H and O–H groups in total. The van der Waals surface area contributed by atoms with E-state index in [0.717, 1.165) is 22.0 Å². The molecular weight excluding hydrogens is 699 g/mol. The number of nitrogens with zero attached hydrogens (tertiary/aromatic N) is 2. The molecule has 6 aliphatic rings. The molecule has 0 amide bonds. The van der Waals surface area contributed by atoms with Crippen LogP contribution in [0.1, 0.15) is 195 Å². The van der Waals surface area contributed by atoms with Crippen molar-refractivity contribution in [2.75, 3.05) is 39.3 Å². The van der Waals surface area contributed by atoms with Gasteiger partial charge in [-0.25, -0.2) is 0 Å². The first kappa shape index (κ1) is 40.9. The van der Waals surface area contributed by atoms with Gasteiger partial charge in [0.15, 0.2) is 0 Å². The summed E-state index contributed by atoms with van der Waals surface area (Å²) in [5, 5.41) is 2.00. The first-order valence-corrected chi connectivity index (χ1v) is 23.9. The molecule has 0 atom stereocenters. The van der Waals surface area contributed by atoms with Crippen molar-refractivity contribution in [1.82, 2.24) is 9.80 Å². The molecule has 0 bridgehead atoms. The Kier molecular flexibility index (Phi) is 15.4.